The fourth-order valence-electron chi connectivity index (χ4n) is 3.20. The molecule has 2 aliphatic rings. The summed E-state index contributed by atoms with van der Waals surface area (Å²) < 4.78 is 26.9. The van der Waals surface area contributed by atoms with E-state index < -0.39 is 10.0 Å². The maximum absolute atomic E-state index is 12.6. The molecule has 0 heterocycles. The molecule has 2 rings (SSSR count). The highest BCUT2D eigenvalue weighted by atomic mass is 32.2. The van der Waals surface area contributed by atoms with Gasteiger partial charge in [0.05, 0.1) is 5.75 Å². The van der Waals surface area contributed by atoms with Gasteiger partial charge in [0, 0.05) is 19.2 Å². The van der Waals surface area contributed by atoms with Gasteiger partial charge in [0.25, 0.3) is 0 Å². The maximum Gasteiger partial charge on any atom is 0.214 e. The summed E-state index contributed by atoms with van der Waals surface area (Å²) in [4.78, 5) is 0. The van der Waals surface area contributed by atoms with E-state index in [9.17, 15) is 8.42 Å². The van der Waals surface area contributed by atoms with E-state index in [1.807, 2.05) is 0 Å². The third-order valence-electron chi connectivity index (χ3n) is 4.55. The van der Waals surface area contributed by atoms with Gasteiger partial charge in [0.2, 0.25) is 10.0 Å². The largest absolute Gasteiger partial charge is 0.396 e. The molecule has 0 saturated heterocycles. The Labute approximate surface area is 117 Å². The third-order valence-corrected chi connectivity index (χ3v) is 6.63. The van der Waals surface area contributed by atoms with Gasteiger partial charge in [-0.05, 0) is 38.0 Å². The molecule has 0 unspecified atom stereocenters. The van der Waals surface area contributed by atoms with Crippen LogP contribution >= 0.6 is 0 Å². The maximum atomic E-state index is 12.6. The minimum Gasteiger partial charge on any atom is -0.396 e. The Kier molecular flexibility index (Phi) is 5.66. The fraction of sp³-hybridized carbons (Fsp3) is 1.00. The normalized spacial score (nSPS) is 22.6. The number of hydrogen-bond donors (Lipinski definition) is 1. The van der Waals surface area contributed by atoms with E-state index >= 15 is 0 Å². The lowest BCUT2D eigenvalue weighted by Gasteiger charge is -2.37. The van der Waals surface area contributed by atoms with Crippen LogP contribution in [0.25, 0.3) is 0 Å². The highest BCUT2D eigenvalue weighted by Gasteiger charge is 2.34. The van der Waals surface area contributed by atoms with Crippen molar-refractivity contribution in [3.63, 3.8) is 0 Å². The van der Waals surface area contributed by atoms with Gasteiger partial charge in [-0.2, -0.15) is 4.31 Å². The Bertz CT molecular complexity index is 359. The Morgan fingerprint density at radius 2 is 1.68 bits per heavy atom. The Morgan fingerprint density at radius 1 is 1.00 bits per heavy atom. The number of sulfonamides is 1. The molecule has 1 N–H and O–H groups in total. The Hall–Kier alpha value is -0.130. The Balaban J connectivity index is 1.96. The number of hydrogen-bond acceptors (Lipinski definition) is 3. The van der Waals surface area contributed by atoms with Crippen LogP contribution in [0, 0.1) is 5.92 Å². The SMILES string of the molecule is O=S(=O)(CC1CCCCC1)N(CCCO)C1CCC1. The molecule has 19 heavy (non-hydrogen) atoms. The highest BCUT2D eigenvalue weighted by molar-refractivity contribution is 7.89. The highest BCUT2D eigenvalue weighted by Crippen LogP contribution is 2.30. The van der Waals surface area contributed by atoms with Crippen molar-refractivity contribution in [1.29, 1.82) is 0 Å². The van der Waals surface area contributed by atoms with Crippen LogP contribution in [0.4, 0.5) is 0 Å². The van der Waals surface area contributed by atoms with Gasteiger partial charge in [0.1, 0.15) is 0 Å². The molecule has 0 radical (unpaired) electrons. The molecular weight excluding hydrogens is 262 g/mol. The summed E-state index contributed by atoms with van der Waals surface area (Å²) in [6.45, 7) is 0.568. The van der Waals surface area contributed by atoms with Gasteiger partial charge in [-0.15, -0.1) is 0 Å². The van der Waals surface area contributed by atoms with Crippen molar-refractivity contribution in [1.82, 2.24) is 4.31 Å². The average Bonchev–Trinajstić information content (AvgIpc) is 2.32. The molecule has 0 atom stereocenters. The summed E-state index contributed by atoms with van der Waals surface area (Å²) in [6.07, 6.45) is 9.44. The average molecular weight is 289 g/mol. The van der Waals surface area contributed by atoms with Gasteiger partial charge in [0.15, 0.2) is 0 Å². The summed E-state index contributed by atoms with van der Waals surface area (Å²) in [5.41, 5.74) is 0. The van der Waals surface area contributed by atoms with Crippen molar-refractivity contribution < 1.29 is 13.5 Å². The second-order valence-electron chi connectivity index (χ2n) is 6.06. The van der Waals surface area contributed by atoms with Crippen LogP contribution in [0.15, 0.2) is 0 Å². The van der Waals surface area contributed by atoms with Gasteiger partial charge in [-0.3, -0.25) is 0 Å². The molecule has 0 spiro atoms. The molecule has 112 valence electrons. The first-order valence-electron chi connectivity index (χ1n) is 7.74. The molecule has 0 bridgehead atoms. The lowest BCUT2D eigenvalue weighted by molar-refractivity contribution is 0.197. The van der Waals surface area contributed by atoms with Crippen LogP contribution in [0.5, 0.6) is 0 Å². The van der Waals surface area contributed by atoms with Crippen molar-refractivity contribution >= 4 is 10.0 Å². The predicted molar refractivity (Wildman–Crippen MR) is 76.4 cm³/mol. The molecular formula is C14H27NO3S. The first-order chi connectivity index (χ1) is 9.13. The van der Waals surface area contributed by atoms with Gasteiger partial charge in [-0.25, -0.2) is 8.42 Å². The van der Waals surface area contributed by atoms with Crippen LogP contribution in [0.2, 0.25) is 0 Å². The topological polar surface area (TPSA) is 57.6 Å². The van der Waals surface area contributed by atoms with Crippen molar-refractivity contribution in [2.45, 2.75) is 63.8 Å². The number of rotatable bonds is 7. The quantitative estimate of drug-likeness (QED) is 0.781. The zero-order valence-electron chi connectivity index (χ0n) is 11.8. The molecule has 0 aliphatic heterocycles. The smallest absolute Gasteiger partial charge is 0.214 e. The Morgan fingerprint density at radius 3 is 2.21 bits per heavy atom. The predicted octanol–water partition coefficient (Wildman–Crippen LogP) is 2.13. The van der Waals surface area contributed by atoms with Crippen molar-refractivity contribution in [3.05, 3.63) is 0 Å². The van der Waals surface area contributed by atoms with E-state index in [1.165, 1.54) is 19.3 Å². The van der Waals surface area contributed by atoms with Crippen LogP contribution < -0.4 is 0 Å². The minimum absolute atomic E-state index is 0.0716. The number of nitrogens with zero attached hydrogens (tertiary/aromatic N) is 1. The lowest BCUT2D eigenvalue weighted by atomic mass is 9.91. The van der Waals surface area contributed by atoms with Crippen molar-refractivity contribution in [2.75, 3.05) is 18.9 Å². The molecule has 0 aromatic rings. The first kappa shape index (κ1) is 15.3. The van der Waals surface area contributed by atoms with E-state index in [2.05, 4.69) is 0 Å². The van der Waals surface area contributed by atoms with Crippen LogP contribution in [0.3, 0.4) is 0 Å². The van der Waals surface area contributed by atoms with Gasteiger partial charge < -0.3 is 5.11 Å². The van der Waals surface area contributed by atoms with Gasteiger partial charge in [-0.1, -0.05) is 25.7 Å². The van der Waals surface area contributed by atoms with E-state index in [4.69, 9.17) is 5.11 Å². The second kappa shape index (κ2) is 7.04. The third kappa shape index (κ3) is 4.17. The zero-order chi connectivity index (χ0) is 13.7. The molecule has 0 aromatic carbocycles. The van der Waals surface area contributed by atoms with Crippen LogP contribution in [-0.4, -0.2) is 42.8 Å². The van der Waals surface area contributed by atoms with Gasteiger partial charge >= 0.3 is 0 Å². The van der Waals surface area contributed by atoms with E-state index in [-0.39, 0.29) is 12.6 Å². The molecule has 5 heteroatoms. The summed E-state index contributed by atoms with van der Waals surface area (Å²) in [5.74, 6) is 0.685. The summed E-state index contributed by atoms with van der Waals surface area (Å²) in [6, 6.07) is 0.208. The van der Waals surface area contributed by atoms with Crippen molar-refractivity contribution in [2.24, 2.45) is 5.92 Å². The molecule has 2 fully saturated rings. The van der Waals surface area contributed by atoms with E-state index in [1.54, 1.807) is 4.31 Å². The number of aliphatic hydroxyl groups excluding tert-OH is 1. The molecule has 4 nitrogen and oxygen atoms in total. The standard InChI is InChI=1S/C14H27NO3S/c16-11-5-10-15(14-8-4-9-14)19(17,18)12-13-6-2-1-3-7-13/h13-14,16H,1-12H2. The molecule has 0 aromatic heterocycles. The minimum atomic E-state index is -3.13. The summed E-state index contributed by atoms with van der Waals surface area (Å²) in [7, 11) is -3.13. The number of aliphatic hydroxyl groups is 1. The summed E-state index contributed by atoms with van der Waals surface area (Å²) in [5, 5.41) is 8.95. The molecule has 2 aliphatic carbocycles. The second-order valence-corrected chi connectivity index (χ2v) is 8.02. The zero-order valence-corrected chi connectivity index (χ0v) is 12.6. The molecule has 2 saturated carbocycles. The van der Waals surface area contributed by atoms with E-state index in [0.29, 0.717) is 24.6 Å². The lowest BCUT2D eigenvalue weighted by Crippen LogP contribution is -2.46. The summed E-state index contributed by atoms with van der Waals surface area (Å²) >= 11 is 0. The first-order valence-corrected chi connectivity index (χ1v) is 9.35. The van der Waals surface area contributed by atoms with E-state index in [0.717, 1.165) is 32.1 Å². The fourth-order valence-corrected chi connectivity index (χ4v) is 5.39. The van der Waals surface area contributed by atoms with Crippen LogP contribution in [0.1, 0.15) is 57.8 Å². The van der Waals surface area contributed by atoms with Crippen molar-refractivity contribution in [3.8, 4) is 0 Å². The monoisotopic (exact) mass is 289 g/mol. The van der Waals surface area contributed by atoms with Crippen LogP contribution in [-0.2, 0) is 10.0 Å². The molecule has 0 amide bonds.